The fraction of sp³-hybridized carbons (Fsp3) is 0.412. The van der Waals surface area contributed by atoms with Crippen LogP contribution in [0.15, 0.2) is 41.5 Å². The molecule has 1 aromatic heterocycles. The zero-order chi connectivity index (χ0) is 15.8. The summed E-state index contributed by atoms with van der Waals surface area (Å²) in [6, 6.07) is 10.2. The second kappa shape index (κ2) is 8.22. The largest absolute Gasteiger partial charge is 0.356 e. The summed E-state index contributed by atoms with van der Waals surface area (Å²) >= 11 is 0. The van der Waals surface area contributed by atoms with Crippen LogP contribution in [0.5, 0.6) is 0 Å². The Kier molecular flexibility index (Phi) is 6.01. The molecule has 0 aliphatic rings. The summed E-state index contributed by atoms with van der Waals surface area (Å²) in [6.45, 7) is 3.82. The second-order valence-corrected chi connectivity index (χ2v) is 5.29. The van der Waals surface area contributed by atoms with Crippen LogP contribution in [0.1, 0.15) is 25.6 Å². The van der Waals surface area contributed by atoms with Gasteiger partial charge in [-0.2, -0.15) is 0 Å². The van der Waals surface area contributed by atoms with Gasteiger partial charge in [-0.25, -0.2) is 4.98 Å². The van der Waals surface area contributed by atoms with Crippen molar-refractivity contribution in [3.8, 4) is 11.3 Å². The van der Waals surface area contributed by atoms with Crippen LogP contribution >= 0.6 is 0 Å². The normalized spacial score (nSPS) is 11.5. The molecule has 0 aliphatic heterocycles. The lowest BCUT2D eigenvalue weighted by Gasteiger charge is -2.20. The van der Waals surface area contributed by atoms with Crippen molar-refractivity contribution in [2.24, 2.45) is 4.99 Å². The van der Waals surface area contributed by atoms with Crippen molar-refractivity contribution in [1.82, 2.24) is 20.2 Å². The number of benzene rings is 1. The van der Waals surface area contributed by atoms with Gasteiger partial charge in [0.1, 0.15) is 5.82 Å². The van der Waals surface area contributed by atoms with Gasteiger partial charge in [-0.05, 0) is 12.0 Å². The Morgan fingerprint density at radius 3 is 2.77 bits per heavy atom. The maximum absolute atomic E-state index is 4.47. The van der Waals surface area contributed by atoms with Crippen LogP contribution in [0.25, 0.3) is 11.3 Å². The van der Waals surface area contributed by atoms with Gasteiger partial charge in [-0.3, -0.25) is 4.99 Å². The van der Waals surface area contributed by atoms with Gasteiger partial charge in [0.15, 0.2) is 5.96 Å². The van der Waals surface area contributed by atoms with E-state index in [9.17, 15) is 0 Å². The Bertz CT molecular complexity index is 588. The summed E-state index contributed by atoms with van der Waals surface area (Å²) in [5, 5.41) is 3.36. The Hall–Kier alpha value is -2.30. The lowest BCUT2D eigenvalue weighted by atomic mass is 10.2. The van der Waals surface area contributed by atoms with E-state index in [2.05, 4.69) is 44.2 Å². The first kappa shape index (κ1) is 16.1. The molecule has 0 radical (unpaired) electrons. The number of aromatic amines is 1. The number of nitrogens with zero attached hydrogens (tertiary/aromatic N) is 3. The van der Waals surface area contributed by atoms with E-state index in [1.165, 1.54) is 6.42 Å². The molecule has 1 aromatic carbocycles. The Morgan fingerprint density at radius 2 is 2.09 bits per heavy atom. The number of hydrogen-bond donors (Lipinski definition) is 2. The number of rotatable bonds is 6. The SMILES string of the molecule is CCCCNC(=NC)N(C)Cc1ncc(-c2ccccc2)[nH]1. The maximum atomic E-state index is 4.47. The van der Waals surface area contributed by atoms with Crippen molar-refractivity contribution in [2.45, 2.75) is 26.3 Å². The number of aliphatic imine (C=N–C) groups is 1. The van der Waals surface area contributed by atoms with E-state index in [1.807, 2.05) is 38.5 Å². The predicted octanol–water partition coefficient (Wildman–Crippen LogP) is 2.88. The maximum Gasteiger partial charge on any atom is 0.193 e. The van der Waals surface area contributed by atoms with Crippen molar-refractivity contribution in [2.75, 3.05) is 20.6 Å². The summed E-state index contributed by atoms with van der Waals surface area (Å²) in [5.41, 5.74) is 2.19. The summed E-state index contributed by atoms with van der Waals surface area (Å²) in [6.07, 6.45) is 4.20. The standard InChI is InChI=1S/C17H25N5/c1-4-5-11-19-17(18-2)22(3)13-16-20-12-15(21-16)14-9-7-6-8-10-14/h6-10,12H,4-5,11,13H2,1-3H3,(H,18,19)(H,20,21). The minimum absolute atomic E-state index is 0.693. The minimum atomic E-state index is 0.693. The quantitative estimate of drug-likeness (QED) is 0.490. The first-order valence-corrected chi connectivity index (χ1v) is 7.75. The first-order chi connectivity index (χ1) is 10.7. The summed E-state index contributed by atoms with van der Waals surface area (Å²) in [4.78, 5) is 14.2. The molecule has 5 nitrogen and oxygen atoms in total. The highest BCUT2D eigenvalue weighted by molar-refractivity contribution is 5.79. The number of hydrogen-bond acceptors (Lipinski definition) is 2. The summed E-state index contributed by atoms with van der Waals surface area (Å²) < 4.78 is 0. The fourth-order valence-corrected chi connectivity index (χ4v) is 2.27. The van der Waals surface area contributed by atoms with Gasteiger partial charge in [0.2, 0.25) is 0 Å². The topological polar surface area (TPSA) is 56.3 Å². The molecular formula is C17H25N5. The number of guanidine groups is 1. The molecule has 1 heterocycles. The monoisotopic (exact) mass is 299 g/mol. The van der Waals surface area contributed by atoms with Crippen LogP contribution in [-0.4, -0.2) is 41.5 Å². The lowest BCUT2D eigenvalue weighted by molar-refractivity contribution is 0.463. The molecule has 5 heteroatoms. The van der Waals surface area contributed by atoms with E-state index >= 15 is 0 Å². The third kappa shape index (κ3) is 4.35. The Balaban J connectivity index is 1.97. The molecule has 2 N–H and O–H groups in total. The molecule has 0 atom stereocenters. The van der Waals surface area contributed by atoms with Gasteiger partial charge in [0.05, 0.1) is 18.4 Å². The van der Waals surface area contributed by atoms with E-state index in [1.54, 1.807) is 0 Å². The fourth-order valence-electron chi connectivity index (χ4n) is 2.27. The van der Waals surface area contributed by atoms with Gasteiger partial charge < -0.3 is 15.2 Å². The van der Waals surface area contributed by atoms with Crippen molar-refractivity contribution in [3.63, 3.8) is 0 Å². The number of nitrogens with one attached hydrogen (secondary N) is 2. The van der Waals surface area contributed by atoms with E-state index in [-0.39, 0.29) is 0 Å². The average molecular weight is 299 g/mol. The zero-order valence-corrected chi connectivity index (χ0v) is 13.6. The van der Waals surface area contributed by atoms with Gasteiger partial charge in [-0.15, -0.1) is 0 Å². The number of H-pyrrole nitrogens is 1. The molecule has 0 unspecified atom stereocenters. The molecule has 2 rings (SSSR count). The van der Waals surface area contributed by atoms with Crippen LogP contribution in [-0.2, 0) is 6.54 Å². The third-order valence-corrected chi connectivity index (χ3v) is 3.49. The highest BCUT2D eigenvalue weighted by Gasteiger charge is 2.09. The first-order valence-electron chi connectivity index (χ1n) is 7.75. The molecule has 22 heavy (non-hydrogen) atoms. The van der Waals surface area contributed by atoms with Crippen LogP contribution in [0, 0.1) is 0 Å². The van der Waals surface area contributed by atoms with Crippen molar-refractivity contribution < 1.29 is 0 Å². The molecule has 2 aromatic rings. The van der Waals surface area contributed by atoms with E-state index in [4.69, 9.17) is 0 Å². The Labute approximate surface area is 132 Å². The van der Waals surface area contributed by atoms with Gasteiger partial charge in [0.25, 0.3) is 0 Å². The van der Waals surface area contributed by atoms with Crippen molar-refractivity contribution >= 4 is 5.96 Å². The van der Waals surface area contributed by atoms with Gasteiger partial charge in [0, 0.05) is 20.6 Å². The lowest BCUT2D eigenvalue weighted by Crippen LogP contribution is -2.39. The molecule has 0 saturated carbocycles. The highest BCUT2D eigenvalue weighted by atomic mass is 15.3. The second-order valence-electron chi connectivity index (χ2n) is 5.29. The van der Waals surface area contributed by atoms with E-state index < -0.39 is 0 Å². The number of unbranched alkanes of at least 4 members (excludes halogenated alkanes) is 1. The molecule has 0 saturated heterocycles. The highest BCUT2D eigenvalue weighted by Crippen LogP contribution is 2.16. The molecule has 0 bridgehead atoms. The number of imidazole rings is 1. The molecule has 118 valence electrons. The minimum Gasteiger partial charge on any atom is -0.356 e. The van der Waals surface area contributed by atoms with E-state index in [0.717, 1.165) is 36.0 Å². The molecule has 0 spiro atoms. The summed E-state index contributed by atoms with van der Waals surface area (Å²) in [7, 11) is 3.83. The molecule has 0 fully saturated rings. The Morgan fingerprint density at radius 1 is 1.32 bits per heavy atom. The predicted molar refractivity (Wildman–Crippen MR) is 91.8 cm³/mol. The van der Waals surface area contributed by atoms with Gasteiger partial charge >= 0.3 is 0 Å². The van der Waals surface area contributed by atoms with E-state index in [0.29, 0.717) is 6.54 Å². The average Bonchev–Trinajstić information content (AvgIpc) is 3.01. The van der Waals surface area contributed by atoms with Crippen LogP contribution in [0.3, 0.4) is 0 Å². The van der Waals surface area contributed by atoms with Crippen LogP contribution < -0.4 is 5.32 Å². The summed E-state index contributed by atoms with van der Waals surface area (Å²) in [5.74, 6) is 1.82. The van der Waals surface area contributed by atoms with Crippen molar-refractivity contribution in [3.05, 3.63) is 42.4 Å². The molecule has 0 aliphatic carbocycles. The number of aromatic nitrogens is 2. The molecule has 0 amide bonds. The van der Waals surface area contributed by atoms with Crippen LogP contribution in [0.2, 0.25) is 0 Å². The van der Waals surface area contributed by atoms with Crippen molar-refractivity contribution in [1.29, 1.82) is 0 Å². The van der Waals surface area contributed by atoms with Gasteiger partial charge in [-0.1, -0.05) is 43.7 Å². The molecular weight excluding hydrogens is 274 g/mol. The van der Waals surface area contributed by atoms with Crippen LogP contribution in [0.4, 0.5) is 0 Å². The third-order valence-electron chi connectivity index (χ3n) is 3.49. The zero-order valence-electron chi connectivity index (χ0n) is 13.6. The smallest absolute Gasteiger partial charge is 0.193 e.